The van der Waals surface area contributed by atoms with E-state index in [2.05, 4.69) is 50.2 Å². The minimum absolute atomic E-state index is 0.374. The second-order valence-electron chi connectivity index (χ2n) is 11.6. The van der Waals surface area contributed by atoms with Crippen molar-refractivity contribution in [2.45, 2.75) is 84.7 Å². The van der Waals surface area contributed by atoms with Gasteiger partial charge in [-0.1, -0.05) is 48.9 Å². The van der Waals surface area contributed by atoms with Crippen LogP contribution in [0.1, 0.15) is 79.1 Å². The Hall–Kier alpha value is 0.180. The fourth-order valence-electron chi connectivity index (χ4n) is 8.44. The van der Waals surface area contributed by atoms with Crippen molar-refractivity contribution in [2.24, 2.45) is 46.3 Å². The minimum atomic E-state index is -0.430. The average Bonchev–Trinajstić information content (AvgIpc) is 2.91. The smallest absolute Gasteiger partial charge is 0.0622 e. The van der Waals surface area contributed by atoms with Crippen molar-refractivity contribution >= 4 is 15.9 Å². The lowest BCUT2D eigenvalue weighted by atomic mass is 9.44. The summed E-state index contributed by atoms with van der Waals surface area (Å²) < 4.78 is 0. The number of rotatable bonds is 2. The molecule has 1 N–H and O–H groups in total. The largest absolute Gasteiger partial charge is 0.390 e. The molecule has 0 unspecified atom stereocenters. The van der Waals surface area contributed by atoms with Crippen LogP contribution in [-0.2, 0) is 0 Å². The Bertz CT molecular complexity index is 579. The van der Waals surface area contributed by atoms with Gasteiger partial charge in [-0.2, -0.15) is 0 Å². The van der Waals surface area contributed by atoms with Gasteiger partial charge >= 0.3 is 0 Å². The SMILES string of the molecule is C=C(CBr)[C@H]1CC[C@H]2[C@@H]3CC(C)(C)[C@H]4C[C@](C)(O)CC[C@@H]4[C@H]3CC[C@]12C. The fraction of sp³-hybridized carbons (Fsp3) is 0.917. The van der Waals surface area contributed by atoms with Gasteiger partial charge in [0.1, 0.15) is 0 Å². The van der Waals surface area contributed by atoms with Crippen molar-refractivity contribution in [1.29, 1.82) is 0 Å². The molecule has 8 atom stereocenters. The highest BCUT2D eigenvalue weighted by molar-refractivity contribution is 9.09. The highest BCUT2D eigenvalue weighted by atomic mass is 79.9. The van der Waals surface area contributed by atoms with Crippen LogP contribution in [0.15, 0.2) is 12.2 Å². The highest BCUT2D eigenvalue weighted by Gasteiger charge is 2.60. The molecule has 4 aliphatic rings. The molecule has 4 fully saturated rings. The van der Waals surface area contributed by atoms with Crippen molar-refractivity contribution in [3.05, 3.63) is 12.2 Å². The molecule has 0 amide bonds. The van der Waals surface area contributed by atoms with Crippen LogP contribution in [0.25, 0.3) is 0 Å². The van der Waals surface area contributed by atoms with E-state index >= 15 is 0 Å². The van der Waals surface area contributed by atoms with E-state index in [9.17, 15) is 5.11 Å². The molecule has 4 saturated carbocycles. The minimum Gasteiger partial charge on any atom is -0.390 e. The molecule has 2 heteroatoms. The lowest BCUT2D eigenvalue weighted by Gasteiger charge is -2.61. The van der Waals surface area contributed by atoms with Crippen molar-refractivity contribution in [1.82, 2.24) is 0 Å². The van der Waals surface area contributed by atoms with Gasteiger partial charge in [0.05, 0.1) is 5.60 Å². The second-order valence-corrected chi connectivity index (χ2v) is 12.2. The van der Waals surface area contributed by atoms with Crippen LogP contribution in [-0.4, -0.2) is 16.0 Å². The van der Waals surface area contributed by atoms with Crippen LogP contribution in [0.4, 0.5) is 0 Å². The third kappa shape index (κ3) is 2.88. The van der Waals surface area contributed by atoms with Crippen molar-refractivity contribution in [3.63, 3.8) is 0 Å². The maximum absolute atomic E-state index is 10.7. The van der Waals surface area contributed by atoms with Gasteiger partial charge in [-0.05, 0) is 105 Å². The van der Waals surface area contributed by atoms with E-state index in [0.717, 1.165) is 47.8 Å². The third-order valence-electron chi connectivity index (χ3n) is 9.67. The quantitative estimate of drug-likeness (QED) is 0.392. The number of fused-ring (bicyclic) bond motifs is 5. The van der Waals surface area contributed by atoms with E-state index in [1.165, 1.54) is 44.1 Å². The van der Waals surface area contributed by atoms with Crippen LogP contribution in [0.5, 0.6) is 0 Å². The first-order valence-electron chi connectivity index (χ1n) is 11.0. The van der Waals surface area contributed by atoms with E-state index in [1.54, 1.807) is 0 Å². The molecule has 26 heavy (non-hydrogen) atoms. The summed E-state index contributed by atoms with van der Waals surface area (Å²) in [6, 6.07) is 0. The summed E-state index contributed by atoms with van der Waals surface area (Å²) in [5.74, 6) is 5.00. The van der Waals surface area contributed by atoms with Crippen LogP contribution in [0.2, 0.25) is 0 Å². The van der Waals surface area contributed by atoms with Crippen LogP contribution in [0.3, 0.4) is 0 Å². The van der Waals surface area contributed by atoms with Crippen molar-refractivity contribution in [2.75, 3.05) is 5.33 Å². The van der Waals surface area contributed by atoms with E-state index in [1.807, 2.05) is 0 Å². The first-order chi connectivity index (χ1) is 12.1. The Morgan fingerprint density at radius 2 is 1.62 bits per heavy atom. The Morgan fingerprint density at radius 1 is 0.923 bits per heavy atom. The summed E-state index contributed by atoms with van der Waals surface area (Å²) in [7, 11) is 0. The Morgan fingerprint density at radius 3 is 2.31 bits per heavy atom. The molecule has 0 aromatic rings. The number of halogens is 1. The summed E-state index contributed by atoms with van der Waals surface area (Å²) in [4.78, 5) is 0. The summed E-state index contributed by atoms with van der Waals surface area (Å²) in [5.41, 5.74) is 1.87. The molecule has 0 heterocycles. The zero-order valence-electron chi connectivity index (χ0n) is 17.4. The van der Waals surface area contributed by atoms with Gasteiger partial charge in [0, 0.05) is 5.33 Å². The van der Waals surface area contributed by atoms with Gasteiger partial charge in [0.25, 0.3) is 0 Å². The molecule has 4 rings (SSSR count). The molecule has 148 valence electrons. The molecule has 0 spiro atoms. The molecule has 0 aromatic heterocycles. The first kappa shape index (κ1) is 19.5. The lowest BCUT2D eigenvalue weighted by Crippen LogP contribution is -2.55. The molecule has 0 radical (unpaired) electrons. The summed E-state index contributed by atoms with van der Waals surface area (Å²) >= 11 is 3.69. The molecular weight excluding hydrogens is 384 g/mol. The van der Waals surface area contributed by atoms with E-state index in [-0.39, 0.29) is 0 Å². The predicted molar refractivity (Wildman–Crippen MR) is 113 cm³/mol. The van der Waals surface area contributed by atoms with Gasteiger partial charge in [0.2, 0.25) is 0 Å². The third-order valence-corrected chi connectivity index (χ3v) is 10.4. The van der Waals surface area contributed by atoms with E-state index < -0.39 is 5.60 Å². The number of hydrogen-bond donors (Lipinski definition) is 1. The van der Waals surface area contributed by atoms with Crippen LogP contribution < -0.4 is 0 Å². The predicted octanol–water partition coefficient (Wildman–Crippen LogP) is 6.59. The summed E-state index contributed by atoms with van der Waals surface area (Å²) in [6.07, 6.45) is 10.3. The number of hydrogen-bond acceptors (Lipinski definition) is 1. The Labute approximate surface area is 169 Å². The van der Waals surface area contributed by atoms with Crippen LogP contribution in [0, 0.1) is 46.3 Å². The summed E-state index contributed by atoms with van der Waals surface area (Å²) in [5, 5.41) is 11.7. The van der Waals surface area contributed by atoms with Crippen molar-refractivity contribution in [3.8, 4) is 0 Å². The normalized spacial score (nSPS) is 52.7. The average molecular weight is 423 g/mol. The molecule has 1 nitrogen and oxygen atoms in total. The molecule has 0 saturated heterocycles. The second kappa shape index (κ2) is 6.34. The first-order valence-corrected chi connectivity index (χ1v) is 12.2. The number of allylic oxidation sites excluding steroid dienone is 1. The topological polar surface area (TPSA) is 20.2 Å². The number of alkyl halides is 1. The highest BCUT2D eigenvalue weighted by Crippen LogP contribution is 2.68. The fourth-order valence-corrected chi connectivity index (χ4v) is 8.83. The number of aliphatic hydroxyl groups is 1. The Kier molecular flexibility index (Phi) is 4.76. The van der Waals surface area contributed by atoms with Crippen molar-refractivity contribution < 1.29 is 5.11 Å². The van der Waals surface area contributed by atoms with Gasteiger partial charge in [-0.3, -0.25) is 0 Å². The zero-order valence-corrected chi connectivity index (χ0v) is 18.9. The maximum Gasteiger partial charge on any atom is 0.0622 e. The van der Waals surface area contributed by atoms with E-state index in [0.29, 0.717) is 16.7 Å². The van der Waals surface area contributed by atoms with Gasteiger partial charge in [0.15, 0.2) is 0 Å². The molecule has 0 aromatic carbocycles. The van der Waals surface area contributed by atoms with Gasteiger partial charge in [-0.15, -0.1) is 0 Å². The monoisotopic (exact) mass is 422 g/mol. The molecule has 0 bridgehead atoms. The summed E-state index contributed by atoms with van der Waals surface area (Å²) in [6.45, 7) is 14.1. The van der Waals surface area contributed by atoms with Crippen LogP contribution >= 0.6 is 15.9 Å². The lowest BCUT2D eigenvalue weighted by molar-refractivity contribution is -0.144. The standard InChI is InChI=1S/C24H39BrO/c1-15(14-25)19-6-7-20-18-12-22(2,3)21-13-23(4,26)10-8-17(21)16(18)9-11-24(19,20)5/h16-21,26H,1,6-14H2,2-5H3/t16-,17-,18-,19-,20+,21+,23-,24-/m1/s1. The molecule has 0 aliphatic heterocycles. The Balaban J connectivity index is 1.63. The zero-order chi connectivity index (χ0) is 18.9. The van der Waals surface area contributed by atoms with Gasteiger partial charge in [-0.25, -0.2) is 0 Å². The maximum atomic E-state index is 10.7. The molecular formula is C24H39BrO. The molecule has 4 aliphatic carbocycles. The van der Waals surface area contributed by atoms with Gasteiger partial charge < -0.3 is 5.11 Å². The van der Waals surface area contributed by atoms with E-state index in [4.69, 9.17) is 0 Å².